The molecule has 1 aliphatic heterocycles. The summed E-state index contributed by atoms with van der Waals surface area (Å²) in [7, 11) is 3.02. The molecule has 2 aromatic rings. The van der Waals surface area contributed by atoms with Gasteiger partial charge in [-0.05, 0) is 55.4 Å². The van der Waals surface area contributed by atoms with Crippen LogP contribution in [-0.2, 0) is 9.59 Å². The van der Waals surface area contributed by atoms with Crippen LogP contribution >= 0.6 is 12.2 Å². The lowest BCUT2D eigenvalue weighted by Gasteiger charge is -2.30. The van der Waals surface area contributed by atoms with Crippen LogP contribution in [-0.4, -0.2) is 31.1 Å². The molecule has 1 aliphatic rings. The summed E-state index contributed by atoms with van der Waals surface area (Å²) in [5, 5.41) is 2.65. The maximum absolute atomic E-state index is 13.2. The van der Waals surface area contributed by atoms with E-state index >= 15 is 0 Å². The van der Waals surface area contributed by atoms with Crippen LogP contribution in [0.2, 0.25) is 0 Å². The number of nitrogens with zero attached hydrogens (tertiary/aromatic N) is 1. The second-order valence-electron chi connectivity index (χ2n) is 6.26. The standard InChI is InChI=1S/C21H20N2O4S/c1-12-7-5-9-16(13(12)2)23-20(25)15(19(24)22-21(23)28)11-14-8-6-10-17(26-3)18(14)27-4/h5-11H,1-4H3,(H,22,24,28)/b15-11+. The van der Waals surface area contributed by atoms with Crippen molar-refractivity contribution in [2.24, 2.45) is 0 Å². The minimum atomic E-state index is -0.554. The normalized spacial score (nSPS) is 15.6. The second kappa shape index (κ2) is 7.82. The molecule has 7 heteroatoms. The van der Waals surface area contributed by atoms with Crippen LogP contribution in [0.3, 0.4) is 0 Å². The maximum Gasteiger partial charge on any atom is 0.270 e. The number of rotatable bonds is 4. The summed E-state index contributed by atoms with van der Waals surface area (Å²) in [5.74, 6) is -0.110. The molecule has 2 aromatic carbocycles. The van der Waals surface area contributed by atoms with E-state index in [-0.39, 0.29) is 10.7 Å². The number of methoxy groups -OCH3 is 2. The van der Waals surface area contributed by atoms with Crippen LogP contribution in [0.25, 0.3) is 6.08 Å². The van der Waals surface area contributed by atoms with E-state index in [0.717, 1.165) is 11.1 Å². The van der Waals surface area contributed by atoms with Crippen molar-refractivity contribution in [1.29, 1.82) is 0 Å². The molecule has 1 fully saturated rings. The molecule has 1 heterocycles. The van der Waals surface area contributed by atoms with E-state index in [1.54, 1.807) is 24.3 Å². The summed E-state index contributed by atoms with van der Waals surface area (Å²) < 4.78 is 10.7. The van der Waals surface area contributed by atoms with Gasteiger partial charge < -0.3 is 9.47 Å². The van der Waals surface area contributed by atoms with Crippen molar-refractivity contribution < 1.29 is 19.1 Å². The smallest absolute Gasteiger partial charge is 0.270 e. The molecule has 1 saturated heterocycles. The Morgan fingerprint density at radius 3 is 2.43 bits per heavy atom. The van der Waals surface area contributed by atoms with Gasteiger partial charge in [-0.2, -0.15) is 0 Å². The number of carbonyl (C=O) groups excluding carboxylic acids is 2. The predicted molar refractivity (Wildman–Crippen MR) is 112 cm³/mol. The first-order valence-electron chi connectivity index (χ1n) is 8.57. The van der Waals surface area contributed by atoms with Crippen LogP contribution in [0, 0.1) is 13.8 Å². The van der Waals surface area contributed by atoms with Crippen molar-refractivity contribution in [3.05, 3.63) is 58.7 Å². The predicted octanol–water partition coefficient (Wildman–Crippen LogP) is 3.15. The van der Waals surface area contributed by atoms with Crippen molar-refractivity contribution in [3.63, 3.8) is 0 Å². The highest BCUT2D eigenvalue weighted by Crippen LogP contribution is 2.33. The number of hydrogen-bond acceptors (Lipinski definition) is 5. The Balaban J connectivity index is 2.11. The van der Waals surface area contributed by atoms with E-state index in [0.29, 0.717) is 22.7 Å². The van der Waals surface area contributed by atoms with Gasteiger partial charge in [0.2, 0.25) is 0 Å². The minimum absolute atomic E-state index is 0.0407. The molecule has 0 aliphatic carbocycles. The second-order valence-corrected chi connectivity index (χ2v) is 6.65. The van der Waals surface area contributed by atoms with E-state index in [4.69, 9.17) is 21.7 Å². The number of ether oxygens (including phenoxy) is 2. The molecule has 0 spiro atoms. The van der Waals surface area contributed by atoms with E-state index in [9.17, 15) is 9.59 Å². The molecule has 2 amide bonds. The van der Waals surface area contributed by atoms with Crippen LogP contribution in [0.15, 0.2) is 42.0 Å². The third-order valence-electron chi connectivity index (χ3n) is 4.65. The molecular formula is C21H20N2O4S. The Morgan fingerprint density at radius 1 is 1.04 bits per heavy atom. The monoisotopic (exact) mass is 396 g/mol. The molecule has 0 atom stereocenters. The van der Waals surface area contributed by atoms with Gasteiger partial charge in [0.25, 0.3) is 11.8 Å². The van der Waals surface area contributed by atoms with Crippen LogP contribution in [0.5, 0.6) is 11.5 Å². The lowest BCUT2D eigenvalue weighted by atomic mass is 10.0. The highest BCUT2D eigenvalue weighted by Gasteiger charge is 2.35. The lowest BCUT2D eigenvalue weighted by Crippen LogP contribution is -2.54. The Morgan fingerprint density at radius 2 is 1.75 bits per heavy atom. The Kier molecular flexibility index (Phi) is 5.46. The van der Waals surface area contributed by atoms with Gasteiger partial charge in [0, 0.05) is 5.56 Å². The third-order valence-corrected chi connectivity index (χ3v) is 4.94. The molecule has 1 N–H and O–H groups in total. The molecule has 3 rings (SSSR count). The molecule has 0 bridgehead atoms. The first-order valence-corrected chi connectivity index (χ1v) is 8.98. The number of aryl methyl sites for hydroxylation is 1. The molecule has 28 heavy (non-hydrogen) atoms. The average molecular weight is 396 g/mol. The number of carbonyl (C=O) groups is 2. The fourth-order valence-corrected chi connectivity index (χ4v) is 3.31. The van der Waals surface area contributed by atoms with Crippen LogP contribution < -0.4 is 19.7 Å². The zero-order valence-electron chi connectivity index (χ0n) is 16.0. The summed E-state index contributed by atoms with van der Waals surface area (Å²) in [5.41, 5.74) is 3.08. The van der Waals surface area contributed by atoms with Gasteiger partial charge in [-0.1, -0.05) is 24.3 Å². The number of amides is 2. The van der Waals surface area contributed by atoms with Gasteiger partial charge in [-0.25, -0.2) is 0 Å². The molecular weight excluding hydrogens is 376 g/mol. The zero-order chi connectivity index (χ0) is 20.4. The van der Waals surface area contributed by atoms with Gasteiger partial charge in [0.05, 0.1) is 19.9 Å². The van der Waals surface area contributed by atoms with Crippen molar-refractivity contribution in [1.82, 2.24) is 5.32 Å². The Labute approximate surface area is 168 Å². The van der Waals surface area contributed by atoms with Gasteiger partial charge in [-0.3, -0.25) is 19.8 Å². The number of hydrogen-bond donors (Lipinski definition) is 1. The fourth-order valence-electron chi connectivity index (χ4n) is 3.04. The number of thiocarbonyl (C=S) groups is 1. The highest BCUT2D eigenvalue weighted by molar-refractivity contribution is 7.80. The van der Waals surface area contributed by atoms with Crippen molar-refractivity contribution in [2.45, 2.75) is 13.8 Å². The van der Waals surface area contributed by atoms with Crippen LogP contribution in [0.1, 0.15) is 16.7 Å². The molecule has 0 aromatic heterocycles. The van der Waals surface area contributed by atoms with E-state index in [1.807, 2.05) is 26.0 Å². The molecule has 0 saturated carbocycles. The highest BCUT2D eigenvalue weighted by atomic mass is 32.1. The van der Waals surface area contributed by atoms with Crippen molar-refractivity contribution in [3.8, 4) is 11.5 Å². The Bertz CT molecular complexity index is 1010. The maximum atomic E-state index is 13.2. The number of benzene rings is 2. The number of para-hydroxylation sites is 1. The van der Waals surface area contributed by atoms with E-state index in [2.05, 4.69) is 5.32 Å². The van der Waals surface area contributed by atoms with E-state index in [1.165, 1.54) is 25.2 Å². The number of nitrogens with one attached hydrogen (secondary N) is 1. The minimum Gasteiger partial charge on any atom is -0.493 e. The first kappa shape index (κ1) is 19.6. The van der Waals surface area contributed by atoms with Crippen molar-refractivity contribution in [2.75, 3.05) is 19.1 Å². The lowest BCUT2D eigenvalue weighted by molar-refractivity contribution is -0.122. The topological polar surface area (TPSA) is 67.9 Å². The summed E-state index contributed by atoms with van der Waals surface area (Å²) in [6.07, 6.45) is 1.49. The first-order chi connectivity index (χ1) is 13.4. The van der Waals surface area contributed by atoms with Crippen LogP contribution in [0.4, 0.5) is 5.69 Å². The summed E-state index contributed by atoms with van der Waals surface area (Å²) in [6.45, 7) is 3.86. The Hall–Kier alpha value is -3.19. The summed E-state index contributed by atoms with van der Waals surface area (Å²) in [6, 6.07) is 10.8. The summed E-state index contributed by atoms with van der Waals surface area (Å²) >= 11 is 5.27. The average Bonchev–Trinajstić information content (AvgIpc) is 2.67. The van der Waals surface area contributed by atoms with Gasteiger partial charge >= 0.3 is 0 Å². The van der Waals surface area contributed by atoms with Gasteiger partial charge in [0.15, 0.2) is 16.6 Å². The van der Waals surface area contributed by atoms with Crippen molar-refractivity contribution >= 4 is 40.9 Å². The largest absolute Gasteiger partial charge is 0.493 e. The number of anilines is 1. The SMILES string of the molecule is COc1cccc(/C=C2\C(=O)NC(=S)N(c3cccc(C)c3C)C2=O)c1OC. The van der Waals surface area contributed by atoms with Gasteiger partial charge in [0.1, 0.15) is 5.57 Å². The van der Waals surface area contributed by atoms with Gasteiger partial charge in [-0.15, -0.1) is 0 Å². The molecule has 144 valence electrons. The van der Waals surface area contributed by atoms with E-state index < -0.39 is 11.8 Å². The molecule has 6 nitrogen and oxygen atoms in total. The quantitative estimate of drug-likeness (QED) is 0.489. The molecule has 0 unspecified atom stereocenters. The third kappa shape index (κ3) is 3.36. The zero-order valence-corrected chi connectivity index (χ0v) is 16.8. The fraction of sp³-hybridized carbons (Fsp3) is 0.190. The summed E-state index contributed by atoms with van der Waals surface area (Å²) in [4.78, 5) is 27.1. The molecule has 0 radical (unpaired) electrons.